The van der Waals surface area contributed by atoms with Crippen molar-refractivity contribution in [1.29, 1.82) is 0 Å². The molecular formula is C61H46O4P4. The highest BCUT2D eigenvalue weighted by Gasteiger charge is 2.37. The fourth-order valence-corrected chi connectivity index (χ4v) is 19.8. The van der Waals surface area contributed by atoms with Gasteiger partial charge in [0.15, 0.2) is 27.2 Å². The molecular weight excluding hydrogens is 921 g/mol. The number of hydrogen-bond donors (Lipinski definition) is 0. The Morgan fingerprint density at radius 2 is 0.478 bits per heavy atom. The topological polar surface area (TPSA) is 68.3 Å². The van der Waals surface area contributed by atoms with Crippen LogP contribution in [0.4, 0.5) is 0 Å². The van der Waals surface area contributed by atoms with Crippen LogP contribution in [0.1, 0.15) is 15.9 Å². The van der Waals surface area contributed by atoms with Crippen molar-refractivity contribution < 1.29 is 18.5 Å². The van der Waals surface area contributed by atoms with Gasteiger partial charge in [-0.1, -0.05) is 243 Å². The van der Waals surface area contributed by atoms with Crippen LogP contribution in [0, 0.1) is 0 Å². The number of carbonyl (C=O) groups excluding carboxylic acids is 1. The fourth-order valence-electron chi connectivity index (χ4n) is 9.06. The predicted molar refractivity (Wildman–Crippen MR) is 293 cm³/mol. The zero-order chi connectivity index (χ0) is 47.3. The van der Waals surface area contributed by atoms with Crippen molar-refractivity contribution in [2.45, 2.75) is 0 Å². The lowest BCUT2D eigenvalue weighted by molar-refractivity contribution is 0.103. The van der Waals surface area contributed by atoms with Gasteiger partial charge in [-0.2, -0.15) is 0 Å². The van der Waals surface area contributed by atoms with E-state index in [1.165, 1.54) is 0 Å². The summed E-state index contributed by atoms with van der Waals surface area (Å²) in [5.41, 5.74) is 0.517. The van der Waals surface area contributed by atoms with Gasteiger partial charge in [0, 0.05) is 58.9 Å². The minimum atomic E-state index is -3.75. The zero-order valence-corrected chi connectivity index (χ0v) is 41.1. The monoisotopic (exact) mass is 966 g/mol. The third kappa shape index (κ3) is 8.84. The average Bonchev–Trinajstić information content (AvgIpc) is 3.44. The molecule has 0 spiro atoms. The van der Waals surface area contributed by atoms with Gasteiger partial charge in [0.2, 0.25) is 0 Å². The van der Waals surface area contributed by atoms with Crippen LogP contribution in [0.25, 0.3) is 0 Å². The molecule has 0 saturated carbocycles. The summed E-state index contributed by atoms with van der Waals surface area (Å²) in [5, 5.41) is 7.80. The Kier molecular flexibility index (Phi) is 13.2. The molecule has 0 unspecified atom stereocenters. The molecule has 10 aromatic rings. The highest BCUT2D eigenvalue weighted by molar-refractivity contribution is 7.87. The average molecular weight is 967 g/mol. The summed E-state index contributed by atoms with van der Waals surface area (Å²) in [4.78, 5) is 16.1. The molecule has 334 valence electrons. The molecule has 0 saturated heterocycles. The SMILES string of the molecule is O=C(c1cc(P(c2ccccc2)c2ccccc2)cc(P(=O)(c2ccccc2)c2ccccc2)c1)c1cc(P(=O)(c2ccccc2)c2ccccc2)cc(P(=O)(c2ccccc2)c2ccccc2)c1. The van der Waals surface area contributed by atoms with E-state index in [-0.39, 0.29) is 11.3 Å². The number of ketones is 1. The van der Waals surface area contributed by atoms with E-state index in [1.807, 2.05) is 231 Å². The van der Waals surface area contributed by atoms with Crippen molar-refractivity contribution in [3.8, 4) is 0 Å². The van der Waals surface area contributed by atoms with Crippen molar-refractivity contribution in [3.63, 3.8) is 0 Å². The molecule has 0 N–H and O–H groups in total. The normalized spacial score (nSPS) is 11.8. The van der Waals surface area contributed by atoms with Crippen molar-refractivity contribution in [3.05, 3.63) is 290 Å². The van der Waals surface area contributed by atoms with Crippen molar-refractivity contribution in [2.75, 3.05) is 0 Å². The van der Waals surface area contributed by atoms with Gasteiger partial charge in [0.05, 0.1) is 0 Å². The molecule has 0 amide bonds. The standard InChI is InChI=1S/C61H46O4P4/c62-61(47-41-51(66(49-25-9-1-10-26-49)50-27-11-2-12-28-50)45-58(42-47)67(63,52-29-13-3-14-30-52)53-31-15-4-16-32-53)48-43-59(68(64,54-33-17-5-18-34-54)55-35-19-6-20-36-55)46-60(44-48)69(65,56-37-21-7-22-38-56)57-39-23-8-24-40-57/h1-46H. The van der Waals surface area contributed by atoms with Crippen LogP contribution in [0.5, 0.6) is 0 Å². The van der Waals surface area contributed by atoms with Gasteiger partial charge >= 0.3 is 0 Å². The Labute approximate surface area is 405 Å². The molecule has 10 rings (SSSR count). The first kappa shape index (κ1) is 45.8. The number of benzene rings is 10. The van der Waals surface area contributed by atoms with E-state index < -0.39 is 29.3 Å². The summed E-state index contributed by atoms with van der Waals surface area (Å²) in [6.07, 6.45) is 0. The van der Waals surface area contributed by atoms with Gasteiger partial charge in [-0.3, -0.25) is 4.79 Å². The maximum Gasteiger partial charge on any atom is 0.193 e. The summed E-state index contributed by atoms with van der Waals surface area (Å²) in [6, 6.07) is 87.7. The molecule has 0 aromatic heterocycles. The Balaban J connectivity index is 1.29. The zero-order valence-electron chi connectivity index (χ0n) is 37.5. The molecule has 0 radical (unpaired) electrons. The van der Waals surface area contributed by atoms with Crippen molar-refractivity contribution in [2.24, 2.45) is 0 Å². The molecule has 0 aliphatic rings. The van der Waals surface area contributed by atoms with E-state index in [2.05, 4.69) is 24.3 Å². The minimum absolute atomic E-state index is 0.211. The summed E-state index contributed by atoms with van der Waals surface area (Å²) in [6.45, 7) is 0. The van der Waals surface area contributed by atoms with E-state index in [4.69, 9.17) is 0 Å². The number of carbonyl (C=O) groups is 1. The Hall–Kier alpha value is -7.01. The molecule has 0 bridgehead atoms. The van der Waals surface area contributed by atoms with E-state index in [9.17, 15) is 0 Å². The first-order chi connectivity index (χ1) is 33.8. The van der Waals surface area contributed by atoms with Crippen molar-refractivity contribution in [1.82, 2.24) is 0 Å². The van der Waals surface area contributed by atoms with Gasteiger partial charge in [0.25, 0.3) is 0 Å². The van der Waals surface area contributed by atoms with Gasteiger partial charge in [-0.05, 0) is 60.2 Å². The van der Waals surface area contributed by atoms with E-state index in [1.54, 1.807) is 24.3 Å². The second-order valence-electron chi connectivity index (χ2n) is 16.7. The maximum absolute atomic E-state index is 16.4. The van der Waals surface area contributed by atoms with Crippen LogP contribution < -0.4 is 63.7 Å². The van der Waals surface area contributed by atoms with Gasteiger partial charge in [-0.25, -0.2) is 0 Å². The summed E-state index contributed by atoms with van der Waals surface area (Å²) in [7, 11) is -12.4. The summed E-state index contributed by atoms with van der Waals surface area (Å²) < 4.78 is 49.2. The molecule has 4 nitrogen and oxygen atoms in total. The molecule has 8 heteroatoms. The molecule has 0 aliphatic carbocycles. The maximum atomic E-state index is 16.4. The highest BCUT2D eigenvalue weighted by atomic mass is 31.2. The van der Waals surface area contributed by atoms with Crippen LogP contribution in [-0.4, -0.2) is 5.78 Å². The van der Waals surface area contributed by atoms with Gasteiger partial charge < -0.3 is 13.7 Å². The van der Waals surface area contributed by atoms with E-state index >= 15 is 18.5 Å². The van der Waals surface area contributed by atoms with Gasteiger partial charge in [-0.15, -0.1) is 0 Å². The first-order valence-electron chi connectivity index (χ1n) is 22.7. The van der Waals surface area contributed by atoms with Crippen LogP contribution in [-0.2, 0) is 13.7 Å². The highest BCUT2D eigenvalue weighted by Crippen LogP contribution is 2.47. The van der Waals surface area contributed by atoms with Crippen LogP contribution in [0.3, 0.4) is 0 Å². The van der Waals surface area contributed by atoms with E-state index in [0.29, 0.717) is 53.3 Å². The Morgan fingerprint density at radius 1 is 0.246 bits per heavy atom. The number of rotatable bonds is 14. The quantitative estimate of drug-likeness (QED) is 0.0805. The van der Waals surface area contributed by atoms with Crippen LogP contribution in [0.15, 0.2) is 279 Å². The van der Waals surface area contributed by atoms with Crippen LogP contribution >= 0.6 is 29.3 Å². The molecule has 0 heterocycles. The second kappa shape index (κ2) is 19.9. The number of hydrogen-bond acceptors (Lipinski definition) is 4. The Morgan fingerprint density at radius 3 is 0.754 bits per heavy atom. The third-order valence-corrected chi connectivity index (χ3v) is 23.9. The largest absolute Gasteiger partial charge is 0.309 e. The molecule has 0 aliphatic heterocycles. The lowest BCUT2D eigenvalue weighted by atomic mass is 10.0. The van der Waals surface area contributed by atoms with Crippen molar-refractivity contribution >= 4 is 98.8 Å². The third-order valence-electron chi connectivity index (χ3n) is 12.4. The van der Waals surface area contributed by atoms with Gasteiger partial charge in [0.1, 0.15) is 0 Å². The molecule has 0 fully saturated rings. The van der Waals surface area contributed by atoms with E-state index in [0.717, 1.165) is 15.9 Å². The summed E-state index contributed by atoms with van der Waals surface area (Å²) >= 11 is 0. The molecule has 69 heavy (non-hydrogen) atoms. The minimum Gasteiger partial charge on any atom is -0.309 e. The predicted octanol–water partition coefficient (Wildman–Crippen LogP) is 9.59. The lowest BCUT2D eigenvalue weighted by Gasteiger charge is -2.26. The Bertz CT molecular complexity index is 3240. The summed E-state index contributed by atoms with van der Waals surface area (Å²) in [5.74, 6) is -0.384. The van der Waals surface area contributed by atoms with Crippen LogP contribution in [0.2, 0.25) is 0 Å². The molecule has 10 aromatic carbocycles. The first-order valence-corrected chi connectivity index (χ1v) is 29.1. The lowest BCUT2D eigenvalue weighted by Crippen LogP contribution is -2.32. The fraction of sp³-hybridized carbons (Fsp3) is 0. The molecule has 0 atom stereocenters. The smallest absolute Gasteiger partial charge is 0.193 e. The second-order valence-corrected chi connectivity index (χ2v) is 27.2.